The molecule has 5 heteroatoms. The van der Waals surface area contributed by atoms with E-state index in [0.717, 1.165) is 42.9 Å². The van der Waals surface area contributed by atoms with Crippen LogP contribution in [0.15, 0.2) is 12.3 Å². The lowest BCUT2D eigenvalue weighted by molar-refractivity contribution is 0.0302. The topological polar surface area (TPSA) is 75.2 Å². The molecule has 5 nitrogen and oxygen atoms in total. The molecule has 0 radical (unpaired) electrons. The van der Waals surface area contributed by atoms with Crippen molar-refractivity contribution in [3.8, 4) is 0 Å². The second kappa shape index (κ2) is 4.24. The first-order valence-corrected chi connectivity index (χ1v) is 6.35. The van der Waals surface area contributed by atoms with Crippen molar-refractivity contribution in [2.24, 2.45) is 5.73 Å². The highest BCUT2D eigenvalue weighted by molar-refractivity contribution is 6.01. The number of nitrogens with zero attached hydrogens (tertiary/aromatic N) is 2. The molecule has 3 N–H and O–H groups in total. The van der Waals surface area contributed by atoms with Gasteiger partial charge < -0.3 is 15.4 Å². The van der Waals surface area contributed by atoms with Crippen LogP contribution in [0.2, 0.25) is 0 Å². The Morgan fingerprint density at radius 2 is 2.11 bits per heavy atom. The molecule has 2 saturated heterocycles. The van der Waals surface area contributed by atoms with Gasteiger partial charge in [-0.2, -0.15) is 0 Å². The van der Waals surface area contributed by atoms with E-state index in [-0.39, 0.29) is 5.84 Å². The van der Waals surface area contributed by atoms with E-state index in [2.05, 4.69) is 9.88 Å². The molecule has 96 valence electrons. The van der Waals surface area contributed by atoms with Gasteiger partial charge in [-0.15, -0.1) is 0 Å². The van der Waals surface area contributed by atoms with E-state index in [1.54, 1.807) is 6.20 Å². The second-order valence-corrected chi connectivity index (χ2v) is 5.10. The van der Waals surface area contributed by atoms with Crippen molar-refractivity contribution >= 4 is 11.7 Å². The number of hydrogen-bond acceptors (Lipinski definition) is 4. The van der Waals surface area contributed by atoms with Crippen LogP contribution in [0.4, 0.5) is 5.82 Å². The van der Waals surface area contributed by atoms with Crippen LogP contribution in [0.25, 0.3) is 0 Å². The standard InChI is InChI=1S/C13H18N4O/c1-8-4-5-16-13(11(8)12(14)15)17-6-9-2-3-10(7-17)18-9/h4-5,9-10H,2-3,6-7H2,1H3,(H3,14,15). The Morgan fingerprint density at radius 3 is 2.72 bits per heavy atom. The molecular weight excluding hydrogens is 228 g/mol. The number of rotatable bonds is 2. The molecule has 3 heterocycles. The zero-order valence-corrected chi connectivity index (χ0v) is 10.5. The molecule has 0 spiro atoms. The smallest absolute Gasteiger partial charge is 0.139 e. The van der Waals surface area contributed by atoms with Crippen molar-refractivity contribution in [3.05, 3.63) is 23.4 Å². The molecule has 0 aliphatic carbocycles. The van der Waals surface area contributed by atoms with Crippen LogP contribution >= 0.6 is 0 Å². The molecule has 2 aliphatic heterocycles. The fraction of sp³-hybridized carbons (Fsp3) is 0.538. The van der Waals surface area contributed by atoms with Crippen molar-refractivity contribution < 1.29 is 4.74 Å². The molecule has 2 bridgehead atoms. The monoisotopic (exact) mass is 246 g/mol. The quantitative estimate of drug-likeness (QED) is 0.604. The van der Waals surface area contributed by atoms with Gasteiger partial charge in [-0.3, -0.25) is 5.41 Å². The fourth-order valence-electron chi connectivity index (χ4n) is 2.90. The Morgan fingerprint density at radius 1 is 1.44 bits per heavy atom. The number of anilines is 1. The van der Waals surface area contributed by atoms with Crippen molar-refractivity contribution in [3.63, 3.8) is 0 Å². The predicted octanol–water partition coefficient (Wildman–Crippen LogP) is 1.04. The first-order valence-electron chi connectivity index (χ1n) is 6.35. The molecular formula is C13H18N4O. The Balaban J connectivity index is 1.97. The third kappa shape index (κ3) is 1.84. The Kier molecular flexibility index (Phi) is 2.70. The third-order valence-electron chi connectivity index (χ3n) is 3.75. The highest BCUT2D eigenvalue weighted by Gasteiger charge is 2.35. The summed E-state index contributed by atoms with van der Waals surface area (Å²) in [5, 5.41) is 7.73. The van der Waals surface area contributed by atoms with Crippen LogP contribution in [0.5, 0.6) is 0 Å². The molecule has 2 fully saturated rings. The number of aromatic nitrogens is 1. The summed E-state index contributed by atoms with van der Waals surface area (Å²) in [6.07, 6.45) is 4.66. The summed E-state index contributed by atoms with van der Waals surface area (Å²) in [5.41, 5.74) is 7.46. The van der Waals surface area contributed by atoms with Gasteiger partial charge in [-0.25, -0.2) is 4.98 Å². The number of nitrogens with two attached hydrogens (primary N) is 1. The largest absolute Gasteiger partial charge is 0.384 e. The van der Waals surface area contributed by atoms with Crippen molar-refractivity contribution in [1.29, 1.82) is 5.41 Å². The number of aryl methyl sites for hydroxylation is 1. The van der Waals surface area contributed by atoms with Gasteiger partial charge in [0.2, 0.25) is 0 Å². The number of hydrogen-bond donors (Lipinski definition) is 2. The van der Waals surface area contributed by atoms with Crippen molar-refractivity contribution in [2.75, 3.05) is 18.0 Å². The van der Waals surface area contributed by atoms with E-state index in [1.165, 1.54) is 0 Å². The average Bonchev–Trinajstić information content (AvgIpc) is 2.67. The van der Waals surface area contributed by atoms with Crippen LogP contribution in [0, 0.1) is 12.3 Å². The van der Waals surface area contributed by atoms with Crippen molar-refractivity contribution in [1.82, 2.24) is 4.98 Å². The molecule has 1 aromatic rings. The molecule has 2 unspecified atom stereocenters. The number of morpholine rings is 1. The summed E-state index contributed by atoms with van der Waals surface area (Å²) in [5.74, 6) is 0.928. The number of nitrogens with one attached hydrogen (secondary N) is 1. The maximum atomic E-state index is 7.73. The molecule has 0 amide bonds. The zero-order chi connectivity index (χ0) is 12.7. The van der Waals surface area contributed by atoms with Crippen molar-refractivity contribution in [2.45, 2.75) is 32.0 Å². The first kappa shape index (κ1) is 11.5. The molecule has 18 heavy (non-hydrogen) atoms. The lowest BCUT2D eigenvalue weighted by Gasteiger charge is -2.34. The lowest BCUT2D eigenvalue weighted by atomic mass is 10.1. The minimum atomic E-state index is 0.0921. The van der Waals surface area contributed by atoms with E-state index < -0.39 is 0 Å². The average molecular weight is 246 g/mol. The van der Waals surface area contributed by atoms with Gasteiger partial charge in [0.1, 0.15) is 11.7 Å². The number of ether oxygens (including phenoxy) is 1. The van der Waals surface area contributed by atoms with Gasteiger partial charge in [0.15, 0.2) is 0 Å². The molecule has 2 atom stereocenters. The van der Waals surface area contributed by atoms with Gasteiger partial charge in [0.25, 0.3) is 0 Å². The summed E-state index contributed by atoms with van der Waals surface area (Å²) >= 11 is 0. The fourth-order valence-corrected chi connectivity index (χ4v) is 2.90. The van der Waals surface area contributed by atoms with E-state index in [9.17, 15) is 0 Å². The molecule has 1 aromatic heterocycles. The number of amidine groups is 1. The van der Waals surface area contributed by atoms with E-state index in [4.69, 9.17) is 15.9 Å². The highest BCUT2D eigenvalue weighted by Crippen LogP contribution is 2.30. The SMILES string of the molecule is Cc1ccnc(N2CC3CCC(C2)O3)c1C(=N)N. The minimum Gasteiger partial charge on any atom is -0.384 e. The van der Waals surface area contributed by atoms with E-state index >= 15 is 0 Å². The van der Waals surface area contributed by atoms with Gasteiger partial charge in [0.05, 0.1) is 17.8 Å². The van der Waals surface area contributed by atoms with Crippen LogP contribution < -0.4 is 10.6 Å². The van der Waals surface area contributed by atoms with E-state index in [0.29, 0.717) is 12.2 Å². The summed E-state index contributed by atoms with van der Waals surface area (Å²) in [6.45, 7) is 3.68. The summed E-state index contributed by atoms with van der Waals surface area (Å²) in [7, 11) is 0. The van der Waals surface area contributed by atoms with Crippen LogP contribution in [-0.2, 0) is 4.74 Å². The highest BCUT2D eigenvalue weighted by atomic mass is 16.5. The van der Waals surface area contributed by atoms with Crippen LogP contribution in [-0.4, -0.2) is 36.1 Å². The summed E-state index contributed by atoms with van der Waals surface area (Å²) in [6, 6.07) is 1.90. The Labute approximate surface area is 106 Å². The molecule has 0 saturated carbocycles. The predicted molar refractivity (Wildman–Crippen MR) is 70.1 cm³/mol. The normalized spacial score (nSPS) is 26.4. The second-order valence-electron chi connectivity index (χ2n) is 5.10. The zero-order valence-electron chi connectivity index (χ0n) is 10.5. The number of nitrogen functional groups attached to an aromatic ring is 1. The first-order chi connectivity index (χ1) is 8.65. The summed E-state index contributed by atoms with van der Waals surface area (Å²) < 4.78 is 5.83. The maximum absolute atomic E-state index is 7.73. The van der Waals surface area contributed by atoms with Gasteiger partial charge in [-0.1, -0.05) is 0 Å². The van der Waals surface area contributed by atoms with Crippen LogP contribution in [0.3, 0.4) is 0 Å². The molecule has 3 rings (SSSR count). The van der Waals surface area contributed by atoms with Gasteiger partial charge >= 0.3 is 0 Å². The Hall–Kier alpha value is -1.62. The Bertz CT molecular complexity index is 476. The molecule has 2 aliphatic rings. The minimum absolute atomic E-state index is 0.0921. The lowest BCUT2D eigenvalue weighted by Crippen LogP contribution is -2.44. The maximum Gasteiger partial charge on any atom is 0.139 e. The van der Waals surface area contributed by atoms with E-state index in [1.807, 2.05) is 13.0 Å². The third-order valence-corrected chi connectivity index (χ3v) is 3.75. The number of pyridine rings is 1. The van der Waals surface area contributed by atoms with Gasteiger partial charge in [-0.05, 0) is 31.4 Å². The summed E-state index contributed by atoms with van der Waals surface area (Å²) in [4.78, 5) is 6.65. The molecule has 0 aromatic carbocycles. The van der Waals surface area contributed by atoms with Gasteiger partial charge in [0, 0.05) is 19.3 Å². The van der Waals surface area contributed by atoms with Crippen LogP contribution in [0.1, 0.15) is 24.0 Å². The number of fused-ring (bicyclic) bond motifs is 2.